The van der Waals surface area contributed by atoms with Gasteiger partial charge in [0, 0.05) is 35.0 Å². The van der Waals surface area contributed by atoms with Gasteiger partial charge in [0.1, 0.15) is 12.8 Å². The number of benzene rings is 2. The number of aldehydes is 1. The van der Waals surface area contributed by atoms with Gasteiger partial charge in [0.05, 0.1) is 7.11 Å². The van der Waals surface area contributed by atoms with Crippen LogP contribution in [0, 0.1) is 12.8 Å². The number of piperidine rings is 1. The second-order valence-corrected chi connectivity index (χ2v) is 9.76. The van der Waals surface area contributed by atoms with Gasteiger partial charge in [0.2, 0.25) is 5.91 Å². The largest absolute Gasteiger partial charge is 0.468 e. The fourth-order valence-electron chi connectivity index (χ4n) is 5.15. The highest BCUT2D eigenvalue weighted by molar-refractivity contribution is 5.99. The van der Waals surface area contributed by atoms with E-state index in [-0.39, 0.29) is 24.3 Å². The van der Waals surface area contributed by atoms with Crippen LogP contribution in [-0.4, -0.2) is 49.9 Å². The second-order valence-electron chi connectivity index (χ2n) is 9.76. The van der Waals surface area contributed by atoms with Crippen LogP contribution in [0.1, 0.15) is 57.9 Å². The van der Waals surface area contributed by atoms with Crippen LogP contribution in [0.4, 0.5) is 5.69 Å². The second kappa shape index (κ2) is 13.1. The molecule has 1 N–H and O–H groups in total. The number of nitrogens with one attached hydrogen (secondary N) is 1. The van der Waals surface area contributed by atoms with E-state index in [0.29, 0.717) is 11.3 Å². The predicted octanol–water partition coefficient (Wildman–Crippen LogP) is 4.47. The quantitative estimate of drug-likeness (QED) is 0.318. The van der Waals surface area contributed by atoms with Gasteiger partial charge in [-0.15, -0.1) is 0 Å². The molecule has 0 radical (unpaired) electrons. The molecular formula is C31H35N3O4. The summed E-state index contributed by atoms with van der Waals surface area (Å²) in [6.07, 6.45) is 5.82. The molecule has 2 heterocycles. The molecule has 7 nitrogen and oxygen atoms in total. The number of amides is 1. The normalized spacial score (nSPS) is 14.5. The van der Waals surface area contributed by atoms with Crippen LogP contribution in [0.5, 0.6) is 0 Å². The first-order chi connectivity index (χ1) is 18.5. The average Bonchev–Trinajstić information content (AvgIpc) is 2.96. The Morgan fingerprint density at radius 1 is 1.11 bits per heavy atom. The minimum absolute atomic E-state index is 0.0371. The first-order valence-corrected chi connectivity index (χ1v) is 13.1. The number of ether oxygens (including phenoxy) is 1. The van der Waals surface area contributed by atoms with E-state index in [4.69, 9.17) is 4.74 Å². The number of esters is 1. The first kappa shape index (κ1) is 27.2. The third kappa shape index (κ3) is 6.72. The van der Waals surface area contributed by atoms with Crippen molar-refractivity contribution in [2.45, 2.75) is 38.5 Å². The van der Waals surface area contributed by atoms with E-state index >= 15 is 0 Å². The molecule has 1 aliphatic rings. The van der Waals surface area contributed by atoms with Gasteiger partial charge in [-0.3, -0.25) is 19.4 Å². The number of carbonyl (C=O) groups is 3. The van der Waals surface area contributed by atoms with Crippen molar-refractivity contribution in [3.8, 4) is 0 Å². The molecule has 1 amide bonds. The molecule has 1 aliphatic heterocycles. The molecule has 0 spiro atoms. The molecule has 1 saturated heterocycles. The number of aryl methyl sites for hydroxylation is 2. The molecule has 4 rings (SSSR count). The van der Waals surface area contributed by atoms with Gasteiger partial charge >= 0.3 is 5.97 Å². The molecule has 2 aromatic carbocycles. The average molecular weight is 514 g/mol. The Morgan fingerprint density at radius 3 is 2.53 bits per heavy atom. The maximum atomic E-state index is 13.3. The fraction of sp³-hybridized carbons (Fsp3) is 0.355. The summed E-state index contributed by atoms with van der Waals surface area (Å²) in [6, 6.07) is 19.6. The molecule has 1 fully saturated rings. The van der Waals surface area contributed by atoms with Crippen LogP contribution in [0.2, 0.25) is 0 Å². The summed E-state index contributed by atoms with van der Waals surface area (Å²) in [7, 11) is 1.34. The van der Waals surface area contributed by atoms with Crippen molar-refractivity contribution >= 4 is 23.9 Å². The third-order valence-electron chi connectivity index (χ3n) is 7.26. The van der Waals surface area contributed by atoms with Crippen molar-refractivity contribution in [2.24, 2.45) is 5.92 Å². The number of rotatable bonds is 10. The van der Waals surface area contributed by atoms with Gasteiger partial charge in [-0.1, -0.05) is 36.4 Å². The smallest absolute Gasteiger partial charge is 0.325 e. The number of carbonyl (C=O) groups excluding carboxylic acids is 3. The summed E-state index contributed by atoms with van der Waals surface area (Å²) in [5.74, 6) is -0.554. The SMILES string of the molecule is COC(=O)CN(C(=O)C1CCNCC1)c1ccc(CCC(c2ccnc(C)c2)c2ccccc2C=O)cc1. The standard InChI is InChI=1S/C31H35N3O4/c1-22-19-25(15-18-33-22)29(28-6-4-3-5-26(28)21-35)12-9-23-7-10-27(11-8-23)34(20-30(36)38-2)31(37)24-13-16-32-17-14-24/h3-8,10-11,15,18-19,21,24,29,32H,9,12-14,16-17,20H2,1-2H3. The lowest BCUT2D eigenvalue weighted by Crippen LogP contribution is -2.43. The van der Waals surface area contributed by atoms with Crippen molar-refractivity contribution in [3.63, 3.8) is 0 Å². The molecule has 3 aromatic rings. The van der Waals surface area contributed by atoms with E-state index < -0.39 is 5.97 Å². The Balaban J connectivity index is 1.54. The molecule has 0 aliphatic carbocycles. The van der Waals surface area contributed by atoms with Gasteiger partial charge in [0.15, 0.2) is 0 Å². The third-order valence-corrected chi connectivity index (χ3v) is 7.26. The van der Waals surface area contributed by atoms with Crippen LogP contribution in [-0.2, 0) is 20.7 Å². The summed E-state index contributed by atoms with van der Waals surface area (Å²) in [6.45, 7) is 3.46. The number of hydrogen-bond acceptors (Lipinski definition) is 6. The van der Waals surface area contributed by atoms with Crippen LogP contribution in [0.15, 0.2) is 66.9 Å². The monoisotopic (exact) mass is 513 g/mol. The first-order valence-electron chi connectivity index (χ1n) is 13.1. The molecule has 198 valence electrons. The number of nitrogens with zero attached hydrogens (tertiary/aromatic N) is 2. The maximum Gasteiger partial charge on any atom is 0.325 e. The highest BCUT2D eigenvalue weighted by atomic mass is 16.5. The van der Waals surface area contributed by atoms with Gasteiger partial charge in [0.25, 0.3) is 0 Å². The van der Waals surface area contributed by atoms with Crippen LogP contribution in [0.25, 0.3) is 0 Å². The van der Waals surface area contributed by atoms with Crippen molar-refractivity contribution in [2.75, 3.05) is 31.6 Å². The Hall–Kier alpha value is -3.84. The van der Waals surface area contributed by atoms with E-state index in [9.17, 15) is 14.4 Å². The Kier molecular flexibility index (Phi) is 9.38. The molecule has 1 aromatic heterocycles. The van der Waals surface area contributed by atoms with Crippen molar-refractivity contribution in [1.29, 1.82) is 0 Å². The molecule has 0 saturated carbocycles. The summed E-state index contributed by atoms with van der Waals surface area (Å²) in [5.41, 5.74) is 5.55. The molecular weight excluding hydrogens is 478 g/mol. The van der Waals surface area contributed by atoms with Crippen molar-refractivity contribution in [1.82, 2.24) is 10.3 Å². The zero-order chi connectivity index (χ0) is 26.9. The van der Waals surface area contributed by atoms with Gasteiger partial charge in [-0.25, -0.2) is 0 Å². The number of hydrogen-bond donors (Lipinski definition) is 1. The van der Waals surface area contributed by atoms with Crippen LogP contribution in [0.3, 0.4) is 0 Å². The fourth-order valence-corrected chi connectivity index (χ4v) is 5.15. The predicted molar refractivity (Wildman–Crippen MR) is 147 cm³/mol. The molecule has 7 heteroatoms. The Morgan fingerprint density at radius 2 is 1.84 bits per heavy atom. The summed E-state index contributed by atoms with van der Waals surface area (Å²) in [4.78, 5) is 43.1. The molecule has 1 unspecified atom stereocenters. The highest BCUT2D eigenvalue weighted by Gasteiger charge is 2.28. The number of methoxy groups -OCH3 is 1. The molecule has 1 atom stereocenters. The number of anilines is 1. The van der Waals surface area contributed by atoms with Crippen LogP contribution < -0.4 is 10.2 Å². The minimum atomic E-state index is -0.444. The highest BCUT2D eigenvalue weighted by Crippen LogP contribution is 2.32. The summed E-state index contributed by atoms with van der Waals surface area (Å²) >= 11 is 0. The lowest BCUT2D eigenvalue weighted by molar-refractivity contribution is -0.140. The topological polar surface area (TPSA) is 88.6 Å². The lowest BCUT2D eigenvalue weighted by Gasteiger charge is -2.29. The Bertz CT molecular complexity index is 1250. The van der Waals surface area contributed by atoms with E-state index in [0.717, 1.165) is 67.4 Å². The van der Waals surface area contributed by atoms with Gasteiger partial charge < -0.3 is 15.0 Å². The number of pyridine rings is 1. The van der Waals surface area contributed by atoms with Crippen molar-refractivity contribution < 1.29 is 19.1 Å². The minimum Gasteiger partial charge on any atom is -0.468 e. The van der Waals surface area contributed by atoms with E-state index in [2.05, 4.69) is 16.4 Å². The van der Waals surface area contributed by atoms with E-state index in [1.165, 1.54) is 7.11 Å². The summed E-state index contributed by atoms with van der Waals surface area (Å²) < 4.78 is 4.87. The molecule has 0 bridgehead atoms. The maximum absolute atomic E-state index is 13.3. The van der Waals surface area contributed by atoms with Crippen LogP contribution >= 0.6 is 0 Å². The van der Waals surface area contributed by atoms with E-state index in [1.54, 1.807) is 4.90 Å². The Labute approximate surface area is 224 Å². The number of aromatic nitrogens is 1. The van der Waals surface area contributed by atoms with E-state index in [1.807, 2.05) is 67.7 Å². The van der Waals surface area contributed by atoms with Gasteiger partial charge in [-0.2, -0.15) is 0 Å². The summed E-state index contributed by atoms with van der Waals surface area (Å²) in [5, 5.41) is 3.28. The zero-order valence-electron chi connectivity index (χ0n) is 22.1. The van der Waals surface area contributed by atoms with Gasteiger partial charge in [-0.05, 0) is 86.7 Å². The lowest BCUT2D eigenvalue weighted by atomic mass is 9.84. The molecule has 38 heavy (non-hydrogen) atoms. The zero-order valence-corrected chi connectivity index (χ0v) is 22.1. The van der Waals surface area contributed by atoms with Crippen molar-refractivity contribution in [3.05, 3.63) is 94.8 Å².